The molecule has 0 saturated heterocycles. The quantitative estimate of drug-likeness (QED) is 0.840. The van der Waals surface area contributed by atoms with Gasteiger partial charge in [-0.3, -0.25) is 4.79 Å². The summed E-state index contributed by atoms with van der Waals surface area (Å²) in [5, 5.41) is 9.17. The van der Waals surface area contributed by atoms with Crippen molar-refractivity contribution >= 4 is 28.3 Å². The number of carboxylic acids is 1. The standard InChI is InChI=1S/C11H12BrNO4/c1-13(6-14)10(11(15)16)8-5-7(12)3-4-9(8)17-2/h3-6,10H,1-2H3,(H,15,16). The molecular weight excluding hydrogens is 290 g/mol. The van der Waals surface area contributed by atoms with Crippen LogP contribution >= 0.6 is 15.9 Å². The van der Waals surface area contributed by atoms with Crippen molar-refractivity contribution in [3.05, 3.63) is 28.2 Å². The summed E-state index contributed by atoms with van der Waals surface area (Å²) < 4.78 is 5.82. The van der Waals surface area contributed by atoms with E-state index in [2.05, 4.69) is 15.9 Å². The van der Waals surface area contributed by atoms with Crippen LogP contribution in [0.25, 0.3) is 0 Å². The smallest absolute Gasteiger partial charge is 0.331 e. The van der Waals surface area contributed by atoms with E-state index in [1.54, 1.807) is 18.2 Å². The van der Waals surface area contributed by atoms with Crippen molar-refractivity contribution in [1.82, 2.24) is 4.90 Å². The summed E-state index contributed by atoms with van der Waals surface area (Å²) in [6, 6.07) is 3.94. The molecule has 0 spiro atoms. The van der Waals surface area contributed by atoms with Gasteiger partial charge in [-0.2, -0.15) is 0 Å². The van der Waals surface area contributed by atoms with E-state index < -0.39 is 12.0 Å². The number of ether oxygens (including phenoxy) is 1. The van der Waals surface area contributed by atoms with Gasteiger partial charge in [0.1, 0.15) is 5.75 Å². The molecule has 1 atom stereocenters. The monoisotopic (exact) mass is 301 g/mol. The van der Waals surface area contributed by atoms with Gasteiger partial charge in [-0.1, -0.05) is 15.9 Å². The molecule has 6 heteroatoms. The second kappa shape index (κ2) is 5.67. The highest BCUT2D eigenvalue weighted by molar-refractivity contribution is 9.10. The van der Waals surface area contributed by atoms with Crippen LogP contribution in [0.2, 0.25) is 0 Å². The molecule has 17 heavy (non-hydrogen) atoms. The molecular formula is C11H12BrNO4. The number of hydrogen-bond acceptors (Lipinski definition) is 3. The molecule has 0 aliphatic rings. The first-order chi connectivity index (χ1) is 8.01. The van der Waals surface area contributed by atoms with Crippen molar-refractivity contribution in [2.75, 3.05) is 14.2 Å². The zero-order valence-electron chi connectivity index (χ0n) is 9.38. The molecule has 0 aliphatic heterocycles. The Morgan fingerprint density at radius 2 is 2.24 bits per heavy atom. The van der Waals surface area contributed by atoms with Gasteiger partial charge in [-0.25, -0.2) is 4.79 Å². The molecule has 1 aromatic carbocycles. The van der Waals surface area contributed by atoms with Crippen LogP contribution < -0.4 is 4.74 Å². The average molecular weight is 302 g/mol. The van der Waals surface area contributed by atoms with Crippen LogP contribution in [0.5, 0.6) is 5.75 Å². The minimum Gasteiger partial charge on any atom is -0.496 e. The first kappa shape index (κ1) is 13.5. The average Bonchev–Trinajstić information content (AvgIpc) is 2.29. The molecule has 0 heterocycles. The topological polar surface area (TPSA) is 66.8 Å². The number of likely N-dealkylation sites (N-methyl/N-ethyl adjacent to an activating group) is 1. The van der Waals surface area contributed by atoms with Crippen LogP contribution in [0.4, 0.5) is 0 Å². The third kappa shape index (κ3) is 2.97. The molecule has 0 aromatic heterocycles. The fourth-order valence-electron chi connectivity index (χ4n) is 1.51. The van der Waals surface area contributed by atoms with E-state index in [0.29, 0.717) is 17.7 Å². The number of methoxy groups -OCH3 is 1. The molecule has 0 radical (unpaired) electrons. The number of amides is 1. The van der Waals surface area contributed by atoms with Crippen LogP contribution in [0, 0.1) is 0 Å². The van der Waals surface area contributed by atoms with Crippen molar-refractivity contribution in [1.29, 1.82) is 0 Å². The number of nitrogens with zero attached hydrogens (tertiary/aromatic N) is 1. The summed E-state index contributed by atoms with van der Waals surface area (Å²) in [5.74, 6) is -0.690. The highest BCUT2D eigenvalue weighted by atomic mass is 79.9. The van der Waals surface area contributed by atoms with Crippen molar-refractivity contribution < 1.29 is 19.4 Å². The number of rotatable bonds is 5. The molecule has 1 N–H and O–H groups in total. The Morgan fingerprint density at radius 1 is 1.59 bits per heavy atom. The van der Waals surface area contributed by atoms with Crippen molar-refractivity contribution in [3.8, 4) is 5.75 Å². The van der Waals surface area contributed by atoms with Crippen molar-refractivity contribution in [3.63, 3.8) is 0 Å². The number of aliphatic carboxylic acids is 1. The van der Waals surface area contributed by atoms with Crippen LogP contribution in [0.3, 0.4) is 0 Å². The highest BCUT2D eigenvalue weighted by Crippen LogP contribution is 2.31. The molecule has 1 rings (SSSR count). The zero-order chi connectivity index (χ0) is 13.0. The minimum absolute atomic E-state index is 0.420. The van der Waals surface area contributed by atoms with Gasteiger partial charge in [0.05, 0.1) is 7.11 Å². The van der Waals surface area contributed by atoms with Crippen LogP contribution in [-0.4, -0.2) is 36.5 Å². The first-order valence-corrected chi connectivity index (χ1v) is 5.54. The van der Waals surface area contributed by atoms with Crippen LogP contribution in [0.15, 0.2) is 22.7 Å². The normalized spacial score (nSPS) is 11.7. The highest BCUT2D eigenvalue weighted by Gasteiger charge is 2.27. The largest absolute Gasteiger partial charge is 0.496 e. The Hall–Kier alpha value is -1.56. The van der Waals surface area contributed by atoms with Crippen LogP contribution in [0.1, 0.15) is 11.6 Å². The molecule has 0 fully saturated rings. The van der Waals surface area contributed by atoms with Gasteiger partial charge < -0.3 is 14.7 Å². The fraction of sp³-hybridized carbons (Fsp3) is 0.273. The number of carbonyl (C=O) groups is 2. The fourth-order valence-corrected chi connectivity index (χ4v) is 1.89. The predicted octanol–water partition coefficient (Wildman–Crippen LogP) is 1.67. The van der Waals surface area contributed by atoms with Crippen LogP contribution in [-0.2, 0) is 9.59 Å². The second-order valence-electron chi connectivity index (χ2n) is 3.40. The van der Waals surface area contributed by atoms with E-state index in [4.69, 9.17) is 9.84 Å². The van der Waals surface area contributed by atoms with Gasteiger partial charge in [0.2, 0.25) is 6.41 Å². The van der Waals surface area contributed by atoms with E-state index in [1.807, 2.05) is 0 Å². The van der Waals surface area contributed by atoms with E-state index >= 15 is 0 Å². The maximum absolute atomic E-state index is 11.2. The number of hydrogen-bond donors (Lipinski definition) is 1. The van der Waals surface area contributed by atoms with Gasteiger partial charge in [-0.15, -0.1) is 0 Å². The lowest BCUT2D eigenvalue weighted by Gasteiger charge is -2.22. The number of halogens is 1. The Morgan fingerprint density at radius 3 is 2.71 bits per heavy atom. The Bertz CT molecular complexity index is 435. The zero-order valence-corrected chi connectivity index (χ0v) is 11.0. The SMILES string of the molecule is COc1ccc(Br)cc1C(C(=O)O)N(C)C=O. The van der Waals surface area contributed by atoms with Crippen molar-refractivity contribution in [2.24, 2.45) is 0 Å². The molecule has 1 amide bonds. The van der Waals surface area contributed by atoms with Gasteiger partial charge >= 0.3 is 5.97 Å². The second-order valence-corrected chi connectivity index (χ2v) is 4.31. The molecule has 0 saturated carbocycles. The molecule has 5 nitrogen and oxygen atoms in total. The molecule has 0 aliphatic carbocycles. The maximum atomic E-state index is 11.2. The number of benzene rings is 1. The van der Waals surface area contributed by atoms with E-state index in [0.717, 1.165) is 9.37 Å². The van der Waals surface area contributed by atoms with Gasteiger partial charge in [0.15, 0.2) is 6.04 Å². The summed E-state index contributed by atoms with van der Waals surface area (Å²) in [6.45, 7) is 0. The molecule has 1 aromatic rings. The summed E-state index contributed by atoms with van der Waals surface area (Å²) in [6.07, 6.45) is 0.471. The summed E-state index contributed by atoms with van der Waals surface area (Å²) in [4.78, 5) is 23.0. The van der Waals surface area contributed by atoms with Gasteiger partial charge in [0.25, 0.3) is 0 Å². The van der Waals surface area contributed by atoms with Crippen molar-refractivity contribution in [2.45, 2.75) is 6.04 Å². The lowest BCUT2D eigenvalue weighted by Crippen LogP contribution is -2.30. The summed E-state index contributed by atoms with van der Waals surface area (Å²) in [5.41, 5.74) is 0.420. The van der Waals surface area contributed by atoms with E-state index in [1.165, 1.54) is 14.2 Å². The lowest BCUT2D eigenvalue weighted by atomic mass is 10.1. The first-order valence-electron chi connectivity index (χ1n) is 4.74. The Labute approximate surface area is 107 Å². The lowest BCUT2D eigenvalue weighted by molar-refractivity contribution is -0.145. The Balaban J connectivity index is 3.30. The molecule has 0 bridgehead atoms. The number of carbonyl (C=O) groups excluding carboxylic acids is 1. The third-order valence-electron chi connectivity index (χ3n) is 2.29. The Kier molecular flexibility index (Phi) is 4.51. The summed E-state index contributed by atoms with van der Waals surface area (Å²) >= 11 is 3.26. The third-order valence-corrected chi connectivity index (χ3v) is 2.79. The molecule has 1 unspecified atom stereocenters. The van der Waals surface area contributed by atoms with E-state index in [9.17, 15) is 9.59 Å². The minimum atomic E-state index is -1.11. The summed E-state index contributed by atoms with van der Waals surface area (Å²) in [7, 11) is 2.86. The van der Waals surface area contributed by atoms with Gasteiger partial charge in [0, 0.05) is 17.1 Å². The number of carboxylic acid groups (broad SMARTS) is 1. The maximum Gasteiger partial charge on any atom is 0.331 e. The molecule has 92 valence electrons. The predicted molar refractivity (Wildman–Crippen MR) is 64.9 cm³/mol. The van der Waals surface area contributed by atoms with E-state index in [-0.39, 0.29) is 0 Å². The van der Waals surface area contributed by atoms with Gasteiger partial charge in [-0.05, 0) is 18.2 Å².